The minimum Gasteiger partial charge on any atom is -0.381 e. The van der Waals surface area contributed by atoms with Gasteiger partial charge in [-0.25, -0.2) is 0 Å². The third-order valence-corrected chi connectivity index (χ3v) is 2.51. The largest absolute Gasteiger partial charge is 0.381 e. The zero-order valence-corrected chi connectivity index (χ0v) is 14.1. The van der Waals surface area contributed by atoms with Gasteiger partial charge in [0.25, 0.3) is 0 Å². The summed E-state index contributed by atoms with van der Waals surface area (Å²) in [6, 6.07) is 0. The van der Waals surface area contributed by atoms with Crippen LogP contribution >= 0.6 is 0 Å². The van der Waals surface area contributed by atoms with E-state index in [1.807, 2.05) is 20.8 Å². The fourth-order valence-electron chi connectivity index (χ4n) is 1.37. The Hall–Kier alpha value is -1.01. The maximum absolute atomic E-state index is 11.4. The summed E-state index contributed by atoms with van der Waals surface area (Å²) in [7, 11) is 0. The van der Waals surface area contributed by atoms with E-state index in [2.05, 4.69) is 31.0 Å². The van der Waals surface area contributed by atoms with Crippen LogP contribution in [0.5, 0.6) is 0 Å². The van der Waals surface area contributed by atoms with Crippen molar-refractivity contribution < 1.29 is 9.53 Å². The molecule has 0 rings (SSSR count). The first-order chi connectivity index (χ1) is 9.66. The van der Waals surface area contributed by atoms with E-state index in [9.17, 15) is 4.79 Å². The molecule has 1 N–H and O–H groups in total. The van der Waals surface area contributed by atoms with Crippen molar-refractivity contribution >= 4 is 5.91 Å². The van der Waals surface area contributed by atoms with Crippen LogP contribution in [0.15, 0.2) is 0 Å². The Kier molecular flexibility index (Phi) is 19.2. The average molecular weight is 283 g/mol. The van der Waals surface area contributed by atoms with Crippen molar-refractivity contribution in [2.75, 3.05) is 19.8 Å². The fourth-order valence-corrected chi connectivity index (χ4v) is 1.37. The van der Waals surface area contributed by atoms with E-state index in [0.717, 1.165) is 38.8 Å². The first-order valence-corrected chi connectivity index (χ1v) is 7.91. The Morgan fingerprint density at radius 3 is 2.50 bits per heavy atom. The third-order valence-electron chi connectivity index (χ3n) is 2.51. The highest BCUT2D eigenvalue weighted by molar-refractivity contribution is 5.75. The van der Waals surface area contributed by atoms with Crippen molar-refractivity contribution in [1.29, 1.82) is 0 Å². The van der Waals surface area contributed by atoms with Crippen LogP contribution in [0.2, 0.25) is 0 Å². The number of amides is 1. The van der Waals surface area contributed by atoms with Gasteiger partial charge in [0.05, 0.1) is 0 Å². The highest BCUT2D eigenvalue weighted by Crippen LogP contribution is 1.99. The Morgan fingerprint density at radius 1 is 1.20 bits per heavy atom. The van der Waals surface area contributed by atoms with E-state index < -0.39 is 0 Å². The molecule has 0 heterocycles. The molecule has 0 saturated heterocycles. The first-order valence-electron chi connectivity index (χ1n) is 7.91. The second kappa shape index (κ2) is 18.0. The topological polar surface area (TPSA) is 38.3 Å². The number of carbonyl (C=O) groups is 1. The lowest BCUT2D eigenvalue weighted by Crippen LogP contribution is -2.24. The molecule has 0 aromatic rings. The molecule has 0 aromatic heterocycles. The van der Waals surface area contributed by atoms with Gasteiger partial charge in [-0.15, -0.1) is 11.8 Å². The molecule has 0 aliphatic heterocycles. The van der Waals surface area contributed by atoms with Crippen LogP contribution in [0.4, 0.5) is 0 Å². The van der Waals surface area contributed by atoms with E-state index in [4.69, 9.17) is 4.74 Å². The highest BCUT2D eigenvalue weighted by atomic mass is 16.5. The average Bonchev–Trinajstić information content (AvgIpc) is 2.44. The Morgan fingerprint density at radius 2 is 1.90 bits per heavy atom. The molecule has 3 heteroatoms. The summed E-state index contributed by atoms with van der Waals surface area (Å²) >= 11 is 0. The van der Waals surface area contributed by atoms with Gasteiger partial charge in [0, 0.05) is 32.6 Å². The molecule has 0 unspecified atom stereocenters. The fraction of sp³-hybridized carbons (Fsp3) is 0.824. The lowest BCUT2D eigenvalue weighted by atomic mass is 10.1. The van der Waals surface area contributed by atoms with Crippen molar-refractivity contribution in [2.45, 2.75) is 66.7 Å². The molecular weight excluding hydrogens is 250 g/mol. The molecule has 0 radical (unpaired) electrons. The van der Waals surface area contributed by atoms with Crippen molar-refractivity contribution in [3.63, 3.8) is 0 Å². The smallest absolute Gasteiger partial charge is 0.220 e. The highest BCUT2D eigenvalue weighted by Gasteiger charge is 2.00. The molecule has 1 amide bonds. The predicted octanol–water partition coefficient (Wildman–Crippen LogP) is 3.78. The van der Waals surface area contributed by atoms with Crippen molar-refractivity contribution in [3.05, 3.63) is 0 Å². The van der Waals surface area contributed by atoms with E-state index in [1.165, 1.54) is 0 Å². The molecule has 118 valence electrons. The first kappa shape index (κ1) is 21.3. The maximum Gasteiger partial charge on any atom is 0.220 e. The summed E-state index contributed by atoms with van der Waals surface area (Å²) in [4.78, 5) is 11.4. The second-order valence-corrected chi connectivity index (χ2v) is 4.78. The summed E-state index contributed by atoms with van der Waals surface area (Å²) in [5, 5.41) is 2.89. The maximum atomic E-state index is 11.4. The van der Waals surface area contributed by atoms with E-state index >= 15 is 0 Å². The minimum atomic E-state index is 0.118. The zero-order chi connectivity index (χ0) is 15.6. The number of ether oxygens (including phenoxy) is 1. The normalized spacial score (nSPS) is 9.30. The number of carbonyl (C=O) groups excluding carboxylic acids is 1. The van der Waals surface area contributed by atoms with Crippen molar-refractivity contribution in [2.24, 2.45) is 5.92 Å². The zero-order valence-electron chi connectivity index (χ0n) is 14.1. The Labute approximate surface area is 125 Å². The number of hydrogen-bond acceptors (Lipinski definition) is 2. The van der Waals surface area contributed by atoms with Crippen LogP contribution in [0.1, 0.15) is 66.7 Å². The molecule has 20 heavy (non-hydrogen) atoms. The van der Waals surface area contributed by atoms with Gasteiger partial charge < -0.3 is 10.1 Å². The van der Waals surface area contributed by atoms with Gasteiger partial charge in [-0.2, -0.15) is 0 Å². The molecule has 0 aromatic carbocycles. The van der Waals surface area contributed by atoms with Crippen molar-refractivity contribution in [1.82, 2.24) is 5.32 Å². The molecule has 0 spiro atoms. The van der Waals surface area contributed by atoms with Crippen LogP contribution < -0.4 is 5.32 Å². The number of hydrogen-bond donors (Lipinski definition) is 1. The summed E-state index contributed by atoms with van der Waals surface area (Å²) < 4.78 is 5.45. The van der Waals surface area contributed by atoms with E-state index in [-0.39, 0.29) is 5.91 Å². The van der Waals surface area contributed by atoms with Gasteiger partial charge in [-0.05, 0) is 32.1 Å². The monoisotopic (exact) mass is 283 g/mol. The third kappa shape index (κ3) is 19.3. The lowest BCUT2D eigenvalue weighted by Gasteiger charge is -2.06. The molecule has 0 saturated carbocycles. The van der Waals surface area contributed by atoms with Gasteiger partial charge >= 0.3 is 0 Å². The summed E-state index contributed by atoms with van der Waals surface area (Å²) in [5.74, 6) is 6.61. The van der Waals surface area contributed by atoms with Gasteiger partial charge in [-0.1, -0.05) is 27.7 Å². The van der Waals surface area contributed by atoms with Crippen LogP contribution in [0, 0.1) is 17.8 Å². The van der Waals surface area contributed by atoms with Crippen molar-refractivity contribution in [3.8, 4) is 11.8 Å². The van der Waals surface area contributed by atoms with Gasteiger partial charge in [0.2, 0.25) is 5.91 Å². The SMILES string of the molecule is CC.CC#CCCCNC(=O)CCCOCCC(C)C. The predicted molar refractivity (Wildman–Crippen MR) is 86.5 cm³/mol. The second-order valence-electron chi connectivity index (χ2n) is 4.78. The van der Waals surface area contributed by atoms with Crippen LogP contribution in [0.25, 0.3) is 0 Å². The summed E-state index contributed by atoms with van der Waals surface area (Å²) in [5.41, 5.74) is 0. The molecule has 0 aliphatic rings. The van der Waals surface area contributed by atoms with Gasteiger partial charge in [0.1, 0.15) is 0 Å². The van der Waals surface area contributed by atoms with Crippen LogP contribution in [0.3, 0.4) is 0 Å². The molecule has 3 nitrogen and oxygen atoms in total. The molecule has 0 fully saturated rings. The van der Waals surface area contributed by atoms with Gasteiger partial charge in [0.15, 0.2) is 0 Å². The van der Waals surface area contributed by atoms with E-state index in [1.54, 1.807) is 0 Å². The Bertz CT molecular complexity index is 264. The number of unbranched alkanes of at least 4 members (excludes halogenated alkanes) is 1. The molecular formula is C17H33NO2. The molecule has 0 atom stereocenters. The van der Waals surface area contributed by atoms with Gasteiger partial charge in [-0.3, -0.25) is 4.79 Å². The number of nitrogens with one attached hydrogen (secondary N) is 1. The quantitative estimate of drug-likeness (QED) is 0.489. The Balaban J connectivity index is 0. The molecule has 0 bridgehead atoms. The summed E-state index contributed by atoms with van der Waals surface area (Å²) in [6.07, 6.45) is 4.23. The minimum absolute atomic E-state index is 0.118. The number of rotatable bonds is 10. The van der Waals surface area contributed by atoms with Crippen LogP contribution in [-0.4, -0.2) is 25.7 Å². The molecule has 0 aliphatic carbocycles. The standard InChI is InChI=1S/C15H27NO2.C2H6/c1-4-5-6-7-11-16-15(17)9-8-12-18-13-10-14(2)3;1-2/h14H,6-13H2,1-3H3,(H,16,17);1-2H3. The lowest BCUT2D eigenvalue weighted by molar-refractivity contribution is -0.121. The van der Waals surface area contributed by atoms with E-state index in [0.29, 0.717) is 18.9 Å². The van der Waals surface area contributed by atoms with Crippen LogP contribution in [-0.2, 0) is 9.53 Å². The summed E-state index contributed by atoms with van der Waals surface area (Å²) in [6.45, 7) is 12.4.